The lowest BCUT2D eigenvalue weighted by molar-refractivity contribution is 0.0941. The van der Waals surface area contributed by atoms with Gasteiger partial charge in [-0.3, -0.25) is 9.59 Å². The Balaban J connectivity index is 1.48. The highest BCUT2D eigenvalue weighted by Crippen LogP contribution is 2.40. The fourth-order valence-corrected chi connectivity index (χ4v) is 7.92. The molecule has 3 aromatic rings. The minimum Gasteiger partial charge on any atom is -0.348 e. The number of anilines is 1. The Labute approximate surface area is 197 Å². The van der Waals surface area contributed by atoms with Gasteiger partial charge < -0.3 is 10.6 Å². The second-order valence-corrected chi connectivity index (χ2v) is 12.4. The predicted molar refractivity (Wildman–Crippen MR) is 132 cm³/mol. The Morgan fingerprint density at radius 1 is 1.03 bits per heavy atom. The van der Waals surface area contributed by atoms with E-state index in [0.29, 0.717) is 28.5 Å². The number of benzene rings is 2. The molecular formula is C25H26N2O4S2. The molecule has 2 aromatic carbocycles. The van der Waals surface area contributed by atoms with Crippen LogP contribution in [-0.2, 0) is 22.7 Å². The van der Waals surface area contributed by atoms with Gasteiger partial charge in [0, 0.05) is 16.5 Å². The van der Waals surface area contributed by atoms with E-state index in [9.17, 15) is 18.0 Å². The number of nitrogens with one attached hydrogen (secondary N) is 2. The molecule has 33 heavy (non-hydrogen) atoms. The molecule has 2 heterocycles. The zero-order valence-corrected chi connectivity index (χ0v) is 20.0. The molecule has 0 radical (unpaired) electrons. The quantitative estimate of drug-likeness (QED) is 0.583. The maximum absolute atomic E-state index is 13.3. The molecule has 2 N–H and O–H groups in total. The van der Waals surface area contributed by atoms with Crippen LogP contribution >= 0.6 is 11.3 Å². The molecule has 1 aliphatic heterocycles. The van der Waals surface area contributed by atoms with Crippen molar-refractivity contribution < 1.29 is 18.0 Å². The molecule has 2 aliphatic rings. The first-order valence-corrected chi connectivity index (χ1v) is 13.9. The molecule has 1 fully saturated rings. The van der Waals surface area contributed by atoms with Crippen LogP contribution in [-0.4, -0.2) is 37.8 Å². The van der Waals surface area contributed by atoms with E-state index in [-0.39, 0.29) is 29.4 Å². The molecule has 0 saturated carbocycles. The highest BCUT2D eigenvalue weighted by Gasteiger charge is 2.33. The molecule has 0 spiro atoms. The summed E-state index contributed by atoms with van der Waals surface area (Å²) >= 11 is 1.47. The highest BCUT2D eigenvalue weighted by molar-refractivity contribution is 7.91. The maximum atomic E-state index is 13.3. The first kappa shape index (κ1) is 22.1. The van der Waals surface area contributed by atoms with Crippen LogP contribution in [0.5, 0.6) is 0 Å². The van der Waals surface area contributed by atoms with Crippen LogP contribution in [0.1, 0.15) is 50.9 Å². The molecule has 5 rings (SSSR count). The lowest BCUT2D eigenvalue weighted by Crippen LogP contribution is -2.36. The number of carbonyl (C=O) groups excluding carboxylic acids is 2. The Hall–Kier alpha value is -2.71. The number of carbonyl (C=O) groups is 2. The van der Waals surface area contributed by atoms with Gasteiger partial charge in [0.25, 0.3) is 11.8 Å². The van der Waals surface area contributed by atoms with E-state index in [0.717, 1.165) is 40.5 Å². The summed E-state index contributed by atoms with van der Waals surface area (Å²) in [5.41, 5.74) is 2.05. The van der Waals surface area contributed by atoms with Crippen LogP contribution in [0.4, 0.5) is 5.00 Å². The molecule has 2 atom stereocenters. The van der Waals surface area contributed by atoms with Crippen molar-refractivity contribution in [1.29, 1.82) is 0 Å². The maximum Gasteiger partial charge on any atom is 0.256 e. The van der Waals surface area contributed by atoms with E-state index in [1.165, 1.54) is 11.3 Å². The number of amides is 2. The largest absolute Gasteiger partial charge is 0.348 e. The third-order valence-electron chi connectivity index (χ3n) is 6.57. The number of fused-ring (bicyclic) bond motifs is 2. The summed E-state index contributed by atoms with van der Waals surface area (Å²) in [6, 6.07) is 12.9. The van der Waals surface area contributed by atoms with E-state index >= 15 is 0 Å². The Morgan fingerprint density at radius 2 is 1.82 bits per heavy atom. The average molecular weight is 483 g/mol. The van der Waals surface area contributed by atoms with Crippen molar-refractivity contribution in [3.8, 4) is 0 Å². The Bertz CT molecular complexity index is 1350. The number of thiophene rings is 1. The van der Waals surface area contributed by atoms with Gasteiger partial charge in [0.05, 0.1) is 17.1 Å². The van der Waals surface area contributed by atoms with Crippen LogP contribution in [0.2, 0.25) is 0 Å². The minimum atomic E-state index is -3.10. The monoisotopic (exact) mass is 482 g/mol. The molecule has 1 saturated heterocycles. The molecule has 0 bridgehead atoms. The van der Waals surface area contributed by atoms with Crippen molar-refractivity contribution in [2.75, 3.05) is 16.8 Å². The van der Waals surface area contributed by atoms with Gasteiger partial charge in [0.2, 0.25) is 0 Å². The number of rotatable bonds is 4. The van der Waals surface area contributed by atoms with E-state index in [2.05, 4.69) is 17.6 Å². The van der Waals surface area contributed by atoms with Crippen molar-refractivity contribution in [1.82, 2.24) is 5.32 Å². The van der Waals surface area contributed by atoms with Gasteiger partial charge >= 0.3 is 0 Å². The number of hydrogen-bond donors (Lipinski definition) is 2. The summed E-state index contributed by atoms with van der Waals surface area (Å²) in [6.45, 7) is 2.19. The fourth-order valence-electron chi connectivity index (χ4n) is 4.84. The second-order valence-electron chi connectivity index (χ2n) is 9.11. The summed E-state index contributed by atoms with van der Waals surface area (Å²) in [6.07, 6.45) is 3.07. The van der Waals surface area contributed by atoms with Gasteiger partial charge in [-0.15, -0.1) is 11.3 Å². The summed E-state index contributed by atoms with van der Waals surface area (Å²) < 4.78 is 23.7. The molecule has 172 valence electrons. The zero-order valence-electron chi connectivity index (χ0n) is 18.4. The van der Waals surface area contributed by atoms with Gasteiger partial charge in [-0.05, 0) is 54.0 Å². The van der Waals surface area contributed by atoms with Crippen LogP contribution in [0.25, 0.3) is 10.8 Å². The second kappa shape index (κ2) is 8.57. The van der Waals surface area contributed by atoms with Gasteiger partial charge in [0.1, 0.15) is 5.00 Å². The summed E-state index contributed by atoms with van der Waals surface area (Å²) in [4.78, 5) is 27.8. The van der Waals surface area contributed by atoms with Crippen molar-refractivity contribution in [3.05, 3.63) is 64.0 Å². The Kier molecular flexibility index (Phi) is 5.74. The molecule has 1 aliphatic carbocycles. The SMILES string of the molecule is CC1CCc2c(sc(NC(=O)c3cccc4ccccc34)c2C(=O)NC2CCS(=O)(=O)C2)C1. The third-order valence-corrected chi connectivity index (χ3v) is 9.51. The van der Waals surface area contributed by atoms with Crippen LogP contribution in [0, 0.1) is 5.92 Å². The lowest BCUT2D eigenvalue weighted by atomic mass is 9.88. The highest BCUT2D eigenvalue weighted by atomic mass is 32.2. The number of sulfone groups is 1. The first-order chi connectivity index (χ1) is 15.8. The van der Waals surface area contributed by atoms with E-state index < -0.39 is 9.84 Å². The smallest absolute Gasteiger partial charge is 0.256 e. The van der Waals surface area contributed by atoms with Crippen molar-refractivity contribution >= 4 is 48.8 Å². The van der Waals surface area contributed by atoms with Crippen LogP contribution < -0.4 is 10.6 Å². The molecule has 6 nitrogen and oxygen atoms in total. The Morgan fingerprint density at radius 3 is 2.61 bits per heavy atom. The van der Waals surface area contributed by atoms with E-state index in [4.69, 9.17) is 0 Å². The number of hydrogen-bond acceptors (Lipinski definition) is 5. The lowest BCUT2D eigenvalue weighted by Gasteiger charge is -2.19. The van der Waals surface area contributed by atoms with Gasteiger partial charge in [-0.1, -0.05) is 43.3 Å². The predicted octanol–water partition coefficient (Wildman–Crippen LogP) is 4.20. The van der Waals surface area contributed by atoms with Crippen molar-refractivity contribution in [2.24, 2.45) is 5.92 Å². The molecule has 8 heteroatoms. The van der Waals surface area contributed by atoms with Gasteiger partial charge in [-0.25, -0.2) is 8.42 Å². The molecule has 2 unspecified atom stereocenters. The van der Waals surface area contributed by atoms with Gasteiger partial charge in [-0.2, -0.15) is 0 Å². The fraction of sp³-hybridized carbons (Fsp3) is 0.360. The van der Waals surface area contributed by atoms with Crippen LogP contribution in [0.3, 0.4) is 0 Å². The first-order valence-electron chi connectivity index (χ1n) is 11.3. The van der Waals surface area contributed by atoms with E-state index in [1.807, 2.05) is 36.4 Å². The van der Waals surface area contributed by atoms with E-state index in [1.54, 1.807) is 6.07 Å². The average Bonchev–Trinajstić information content (AvgIpc) is 3.31. The van der Waals surface area contributed by atoms with Crippen molar-refractivity contribution in [2.45, 2.75) is 38.6 Å². The minimum absolute atomic E-state index is 0.0280. The normalized spacial score (nSPS) is 21.5. The molecular weight excluding hydrogens is 456 g/mol. The molecule has 1 aromatic heterocycles. The van der Waals surface area contributed by atoms with Crippen LogP contribution in [0.15, 0.2) is 42.5 Å². The van der Waals surface area contributed by atoms with Gasteiger partial charge in [0.15, 0.2) is 9.84 Å². The van der Waals surface area contributed by atoms with Crippen molar-refractivity contribution in [3.63, 3.8) is 0 Å². The topological polar surface area (TPSA) is 92.3 Å². The zero-order chi connectivity index (χ0) is 23.2. The summed E-state index contributed by atoms with van der Waals surface area (Å²) in [7, 11) is -3.10. The summed E-state index contributed by atoms with van der Waals surface area (Å²) in [5, 5.41) is 8.31. The standard InChI is InChI=1S/C25H26N2O4S2/c1-15-9-10-20-21(13-15)32-25(22(20)24(29)26-17-11-12-33(30,31)14-17)27-23(28)19-8-4-6-16-5-2-3-7-18(16)19/h2-8,15,17H,9-14H2,1H3,(H,26,29)(H,27,28). The molecule has 2 amide bonds. The third kappa shape index (κ3) is 4.42. The summed E-state index contributed by atoms with van der Waals surface area (Å²) in [5.74, 6) is 0.0452.